The zero-order valence-electron chi connectivity index (χ0n) is 22.4. The molecule has 4 aliphatic carbocycles. The van der Waals surface area contributed by atoms with E-state index in [1.54, 1.807) is 0 Å². The molecule has 4 saturated carbocycles. The van der Waals surface area contributed by atoms with E-state index in [1.165, 1.54) is 44.1 Å². The Morgan fingerprint density at radius 1 is 0.575 bits per heavy atom. The fraction of sp³-hybridized carbons (Fsp3) is 0.278. The van der Waals surface area contributed by atoms with E-state index in [9.17, 15) is 5.26 Å². The zero-order valence-corrected chi connectivity index (χ0v) is 22.4. The average Bonchev–Trinajstić information content (AvgIpc) is 3.00. The number of rotatable bonds is 4. The summed E-state index contributed by atoms with van der Waals surface area (Å²) < 4.78 is 0. The first-order valence-corrected chi connectivity index (χ1v) is 14.5. The van der Waals surface area contributed by atoms with Gasteiger partial charge in [0.25, 0.3) is 0 Å². The van der Waals surface area contributed by atoms with Crippen LogP contribution in [0.15, 0.2) is 91.0 Å². The van der Waals surface area contributed by atoms with E-state index in [0.29, 0.717) is 28.5 Å². The molecule has 0 saturated heterocycles. The zero-order chi connectivity index (χ0) is 26.7. The molecule has 0 amide bonds. The van der Waals surface area contributed by atoms with E-state index in [-0.39, 0.29) is 0 Å². The maximum absolute atomic E-state index is 9.28. The molecule has 4 heteroatoms. The Balaban J connectivity index is 1.20. The highest BCUT2D eigenvalue weighted by Crippen LogP contribution is 2.60. The number of benzene rings is 4. The van der Waals surface area contributed by atoms with Gasteiger partial charge < -0.3 is 0 Å². The van der Waals surface area contributed by atoms with Gasteiger partial charge in [-0.3, -0.25) is 0 Å². The Morgan fingerprint density at radius 2 is 1.10 bits per heavy atom. The lowest BCUT2D eigenvalue weighted by molar-refractivity contribution is -0.00518. The lowest BCUT2D eigenvalue weighted by Gasteiger charge is -2.57. The predicted molar refractivity (Wildman–Crippen MR) is 158 cm³/mol. The topological polar surface area (TPSA) is 62.5 Å². The minimum absolute atomic E-state index is 0.378. The van der Waals surface area contributed by atoms with Gasteiger partial charge in [-0.15, -0.1) is 0 Å². The molecule has 0 radical (unpaired) electrons. The molecule has 4 fully saturated rings. The van der Waals surface area contributed by atoms with Crippen molar-refractivity contribution >= 4 is 10.8 Å². The fourth-order valence-corrected chi connectivity index (χ4v) is 8.24. The molecule has 5 aromatic rings. The van der Waals surface area contributed by atoms with E-state index in [1.807, 2.05) is 60.7 Å². The lowest BCUT2D eigenvalue weighted by atomic mass is 9.48. The maximum Gasteiger partial charge on any atom is 0.164 e. The summed E-state index contributed by atoms with van der Waals surface area (Å²) in [6.45, 7) is 0. The third kappa shape index (κ3) is 4.00. The van der Waals surface area contributed by atoms with Crippen LogP contribution in [0.3, 0.4) is 0 Å². The van der Waals surface area contributed by atoms with Gasteiger partial charge in [0.2, 0.25) is 0 Å². The van der Waals surface area contributed by atoms with E-state index in [2.05, 4.69) is 36.4 Å². The Bertz CT molecular complexity index is 1750. The van der Waals surface area contributed by atoms with E-state index >= 15 is 0 Å². The molecule has 0 N–H and O–H groups in total. The van der Waals surface area contributed by atoms with Crippen molar-refractivity contribution in [2.45, 2.75) is 43.9 Å². The van der Waals surface area contributed by atoms with Crippen molar-refractivity contribution in [1.29, 1.82) is 5.26 Å². The van der Waals surface area contributed by atoms with Crippen LogP contribution < -0.4 is 0 Å². The molecule has 4 aliphatic rings. The number of hydrogen-bond acceptors (Lipinski definition) is 4. The van der Waals surface area contributed by atoms with Crippen LogP contribution in [0.1, 0.15) is 49.7 Å². The van der Waals surface area contributed by atoms with Crippen molar-refractivity contribution in [3.05, 3.63) is 102 Å². The second-order valence-electron chi connectivity index (χ2n) is 12.3. The van der Waals surface area contributed by atoms with Gasteiger partial charge >= 0.3 is 0 Å². The van der Waals surface area contributed by atoms with Crippen LogP contribution in [0.25, 0.3) is 44.9 Å². The third-order valence-corrected chi connectivity index (χ3v) is 9.69. The Labute approximate surface area is 234 Å². The van der Waals surface area contributed by atoms with Crippen LogP contribution in [-0.2, 0) is 5.41 Å². The van der Waals surface area contributed by atoms with E-state index in [4.69, 9.17) is 15.0 Å². The standard InChI is InChI=1S/C36H30N4/c37-22-23-6-7-30-18-31(9-8-29(30)17-23)35-39-33(27-4-2-1-3-5-27)38-34(40-35)28-10-12-32(13-11-28)36-19-24-14-25(20-36)16-26(15-24)21-36/h1-13,17-18,24-26H,14-16,19-21H2/t24-,25+,26-,36?. The van der Waals surface area contributed by atoms with Crippen LogP contribution in [0.4, 0.5) is 0 Å². The number of nitriles is 1. The van der Waals surface area contributed by atoms with Crippen molar-refractivity contribution < 1.29 is 0 Å². The normalized spacial score (nSPS) is 24.7. The molecule has 194 valence electrons. The SMILES string of the molecule is N#Cc1ccc2cc(-c3nc(-c4ccccc4)nc(-c4ccc(C56C[C@H]7C[C@@H](C5)C[C@@H](C6)C7)cc4)n3)ccc2c1. The predicted octanol–water partition coefficient (Wildman–Crippen LogP) is 8.37. The van der Waals surface area contributed by atoms with Gasteiger partial charge in [0.1, 0.15) is 0 Å². The van der Waals surface area contributed by atoms with Gasteiger partial charge in [0.15, 0.2) is 17.5 Å². The summed E-state index contributed by atoms with van der Waals surface area (Å²) in [4.78, 5) is 14.8. The van der Waals surface area contributed by atoms with Crippen molar-refractivity contribution in [3.8, 4) is 40.2 Å². The van der Waals surface area contributed by atoms with Crippen molar-refractivity contribution in [2.24, 2.45) is 17.8 Å². The van der Waals surface area contributed by atoms with Crippen LogP contribution in [0.2, 0.25) is 0 Å². The molecular formula is C36H30N4. The summed E-state index contributed by atoms with van der Waals surface area (Å²) in [7, 11) is 0. The highest BCUT2D eigenvalue weighted by atomic mass is 15.0. The molecule has 4 aromatic carbocycles. The number of aromatic nitrogens is 3. The molecule has 9 rings (SSSR count). The van der Waals surface area contributed by atoms with Gasteiger partial charge in [-0.2, -0.15) is 5.26 Å². The highest BCUT2D eigenvalue weighted by molar-refractivity contribution is 5.87. The van der Waals surface area contributed by atoms with E-state index < -0.39 is 0 Å². The summed E-state index contributed by atoms with van der Waals surface area (Å²) in [5.74, 6) is 4.81. The Hall–Kier alpha value is -4.36. The van der Waals surface area contributed by atoms with Crippen molar-refractivity contribution in [1.82, 2.24) is 15.0 Å². The molecule has 1 aromatic heterocycles. The Kier molecular flexibility index (Phi) is 5.35. The molecule has 40 heavy (non-hydrogen) atoms. The summed E-state index contributed by atoms with van der Waals surface area (Å²) in [5, 5.41) is 11.4. The summed E-state index contributed by atoms with van der Waals surface area (Å²) in [6.07, 6.45) is 8.48. The molecule has 4 bridgehead atoms. The molecule has 0 aliphatic heterocycles. The molecule has 0 unspecified atom stereocenters. The molecule has 0 spiro atoms. The van der Waals surface area contributed by atoms with Gasteiger partial charge in [-0.1, -0.05) is 72.8 Å². The van der Waals surface area contributed by atoms with Crippen LogP contribution in [0, 0.1) is 29.1 Å². The average molecular weight is 519 g/mol. The molecule has 1 heterocycles. The fourth-order valence-electron chi connectivity index (χ4n) is 8.24. The lowest BCUT2D eigenvalue weighted by Crippen LogP contribution is -2.48. The number of fused-ring (bicyclic) bond motifs is 1. The summed E-state index contributed by atoms with van der Waals surface area (Å²) in [5.41, 5.74) is 5.47. The van der Waals surface area contributed by atoms with E-state index in [0.717, 1.165) is 45.2 Å². The van der Waals surface area contributed by atoms with Crippen LogP contribution in [-0.4, -0.2) is 15.0 Å². The monoisotopic (exact) mass is 518 g/mol. The third-order valence-electron chi connectivity index (χ3n) is 9.69. The number of hydrogen-bond donors (Lipinski definition) is 0. The maximum atomic E-state index is 9.28. The Morgan fingerprint density at radius 3 is 1.73 bits per heavy atom. The molecule has 4 nitrogen and oxygen atoms in total. The van der Waals surface area contributed by atoms with Gasteiger partial charge in [0.05, 0.1) is 11.6 Å². The van der Waals surface area contributed by atoms with Gasteiger partial charge in [0, 0.05) is 16.7 Å². The van der Waals surface area contributed by atoms with Crippen molar-refractivity contribution in [2.75, 3.05) is 0 Å². The van der Waals surface area contributed by atoms with Crippen molar-refractivity contribution in [3.63, 3.8) is 0 Å². The summed E-state index contributed by atoms with van der Waals surface area (Å²) >= 11 is 0. The van der Waals surface area contributed by atoms with Crippen LogP contribution >= 0.6 is 0 Å². The quantitative estimate of drug-likeness (QED) is 0.240. The second-order valence-corrected chi connectivity index (χ2v) is 12.3. The second kappa shape index (κ2) is 9.10. The minimum Gasteiger partial charge on any atom is -0.208 e. The molecule has 0 atom stereocenters. The number of nitrogens with zero attached hydrogens (tertiary/aromatic N) is 4. The first-order chi connectivity index (χ1) is 19.6. The minimum atomic E-state index is 0.378. The highest BCUT2D eigenvalue weighted by Gasteiger charge is 2.51. The first-order valence-electron chi connectivity index (χ1n) is 14.5. The largest absolute Gasteiger partial charge is 0.208 e. The smallest absolute Gasteiger partial charge is 0.164 e. The first kappa shape index (κ1) is 23.5. The van der Waals surface area contributed by atoms with Gasteiger partial charge in [-0.05, 0) is 96.2 Å². The summed E-state index contributed by atoms with van der Waals surface area (Å²) in [6, 6.07) is 33.5. The van der Waals surface area contributed by atoms with Gasteiger partial charge in [-0.25, -0.2) is 15.0 Å². The molecular weight excluding hydrogens is 488 g/mol. The van der Waals surface area contributed by atoms with Crippen LogP contribution in [0.5, 0.6) is 0 Å².